The van der Waals surface area contributed by atoms with Gasteiger partial charge in [0.25, 0.3) is 0 Å². The van der Waals surface area contributed by atoms with E-state index in [1.165, 1.54) is 12.1 Å². The summed E-state index contributed by atoms with van der Waals surface area (Å²) in [6.45, 7) is 6.07. The van der Waals surface area contributed by atoms with Crippen LogP contribution < -0.4 is 5.73 Å². The Morgan fingerprint density at radius 1 is 1.35 bits per heavy atom. The van der Waals surface area contributed by atoms with Crippen molar-refractivity contribution in [1.82, 2.24) is 0 Å². The molecule has 1 aliphatic heterocycles. The van der Waals surface area contributed by atoms with E-state index in [-0.39, 0.29) is 12.4 Å². The lowest BCUT2D eigenvalue weighted by Crippen LogP contribution is -2.66. The van der Waals surface area contributed by atoms with Crippen LogP contribution in [-0.4, -0.2) is 28.0 Å². The molecule has 3 atom stereocenters. The molecule has 1 aromatic carbocycles. The van der Waals surface area contributed by atoms with Gasteiger partial charge in [0.05, 0.1) is 17.7 Å². The van der Waals surface area contributed by atoms with Gasteiger partial charge in [0.2, 0.25) is 0 Å². The number of allylic oxidation sites excluding steroid dienone is 1. The number of aliphatic hydroxyl groups excluding tert-OH is 1. The fraction of sp³-hybridized carbons (Fsp3) is 0.619. The first-order chi connectivity index (χ1) is 12.2. The van der Waals surface area contributed by atoms with Gasteiger partial charge in [-0.3, -0.25) is 0 Å². The molecule has 1 fully saturated rings. The van der Waals surface area contributed by atoms with E-state index in [0.717, 1.165) is 31.3 Å². The second-order valence-corrected chi connectivity index (χ2v) is 8.41. The van der Waals surface area contributed by atoms with Crippen molar-refractivity contribution >= 4 is 0 Å². The number of rotatable bonds is 5. The molecular weight excluding hydrogens is 333 g/mol. The lowest BCUT2D eigenvalue weighted by Gasteiger charge is -2.61. The van der Waals surface area contributed by atoms with Gasteiger partial charge in [0.15, 0.2) is 11.6 Å². The van der Waals surface area contributed by atoms with Crippen molar-refractivity contribution in [1.29, 1.82) is 0 Å². The maximum absolute atomic E-state index is 14.0. The van der Waals surface area contributed by atoms with Crippen LogP contribution in [0.1, 0.15) is 64.5 Å². The van der Waals surface area contributed by atoms with Crippen molar-refractivity contribution in [3.63, 3.8) is 0 Å². The number of aliphatic hydroxyl groups is 1. The predicted molar refractivity (Wildman–Crippen MR) is 99.2 cm³/mol. The molecule has 5 heteroatoms. The molecule has 0 spiro atoms. The minimum atomic E-state index is -0.797. The summed E-state index contributed by atoms with van der Waals surface area (Å²) in [5, 5.41) is 19.7. The lowest BCUT2D eigenvalue weighted by atomic mass is 9.55. The van der Waals surface area contributed by atoms with Crippen molar-refractivity contribution in [3.05, 3.63) is 41.2 Å². The van der Waals surface area contributed by atoms with Gasteiger partial charge in [0.1, 0.15) is 6.10 Å². The van der Waals surface area contributed by atoms with E-state index in [1.54, 1.807) is 6.07 Å². The van der Waals surface area contributed by atoms with Crippen molar-refractivity contribution in [2.45, 2.75) is 70.1 Å². The summed E-state index contributed by atoms with van der Waals surface area (Å²) < 4.78 is 20.5. The van der Waals surface area contributed by atoms with Crippen LogP contribution >= 0.6 is 0 Å². The molecule has 3 rings (SSSR count). The monoisotopic (exact) mass is 363 g/mol. The highest BCUT2D eigenvalue weighted by molar-refractivity contribution is 5.39. The van der Waals surface area contributed by atoms with Crippen molar-refractivity contribution in [3.8, 4) is 5.75 Å². The summed E-state index contributed by atoms with van der Waals surface area (Å²) in [4.78, 5) is 0. The van der Waals surface area contributed by atoms with Gasteiger partial charge in [-0.1, -0.05) is 31.1 Å². The molecular formula is C21H30FNO3. The van der Waals surface area contributed by atoms with E-state index in [1.807, 2.05) is 13.8 Å². The largest absolute Gasteiger partial charge is 0.505 e. The van der Waals surface area contributed by atoms with Crippen LogP contribution in [0.2, 0.25) is 0 Å². The van der Waals surface area contributed by atoms with Gasteiger partial charge in [-0.2, -0.15) is 0 Å². The Morgan fingerprint density at radius 2 is 2.08 bits per heavy atom. The van der Waals surface area contributed by atoms with Crippen LogP contribution in [-0.2, 0) is 4.74 Å². The number of aromatic hydroxyl groups is 1. The SMILES string of the molecule is CCCCC1=CCC2(CO)CC1(N)C(c1ccc(O)c(F)c1)OC2(C)C. The average molecular weight is 363 g/mol. The molecule has 1 aliphatic carbocycles. The van der Waals surface area contributed by atoms with E-state index >= 15 is 0 Å². The number of nitrogens with two attached hydrogens (primary N) is 1. The zero-order valence-corrected chi connectivity index (χ0v) is 15.9. The molecule has 0 amide bonds. The fourth-order valence-electron chi connectivity index (χ4n) is 4.56. The summed E-state index contributed by atoms with van der Waals surface area (Å²) in [7, 11) is 0. The second kappa shape index (κ2) is 6.63. The fourth-order valence-corrected chi connectivity index (χ4v) is 4.56. The molecule has 144 valence electrons. The molecule has 26 heavy (non-hydrogen) atoms. The number of halogens is 1. The van der Waals surface area contributed by atoms with E-state index in [4.69, 9.17) is 10.5 Å². The zero-order valence-electron chi connectivity index (χ0n) is 15.9. The topological polar surface area (TPSA) is 75.7 Å². The van der Waals surface area contributed by atoms with Crippen molar-refractivity contribution in [2.24, 2.45) is 11.1 Å². The normalized spacial score (nSPS) is 33.0. The predicted octanol–water partition coefficient (Wildman–Crippen LogP) is 3.97. The Bertz CT molecular complexity index is 717. The van der Waals surface area contributed by atoms with Gasteiger partial charge in [-0.15, -0.1) is 0 Å². The Kier molecular flexibility index (Phi) is 4.93. The highest BCUT2D eigenvalue weighted by atomic mass is 19.1. The van der Waals surface area contributed by atoms with Gasteiger partial charge < -0.3 is 20.7 Å². The number of ether oxygens (including phenoxy) is 1. The third kappa shape index (κ3) is 2.86. The van der Waals surface area contributed by atoms with Gasteiger partial charge >= 0.3 is 0 Å². The average Bonchev–Trinajstić information content (AvgIpc) is 2.60. The van der Waals surface area contributed by atoms with E-state index in [0.29, 0.717) is 12.0 Å². The molecule has 0 radical (unpaired) electrons. The molecule has 4 N–H and O–H groups in total. The number of unbranched alkanes of at least 4 members (excludes halogenated alkanes) is 1. The first-order valence-corrected chi connectivity index (χ1v) is 9.44. The Morgan fingerprint density at radius 3 is 2.69 bits per heavy atom. The molecule has 3 unspecified atom stereocenters. The Balaban J connectivity index is 2.10. The molecule has 1 heterocycles. The van der Waals surface area contributed by atoms with E-state index < -0.39 is 28.5 Å². The summed E-state index contributed by atoms with van der Waals surface area (Å²) >= 11 is 0. The third-order valence-corrected chi connectivity index (χ3v) is 6.50. The first kappa shape index (κ1) is 19.3. The van der Waals surface area contributed by atoms with Crippen LogP contribution in [0.25, 0.3) is 0 Å². The van der Waals surface area contributed by atoms with Gasteiger partial charge in [-0.05, 0) is 57.2 Å². The van der Waals surface area contributed by atoms with Crippen LogP contribution in [0.15, 0.2) is 29.8 Å². The first-order valence-electron chi connectivity index (χ1n) is 9.44. The number of fused-ring (bicyclic) bond motifs is 2. The molecule has 2 bridgehead atoms. The van der Waals surface area contributed by atoms with E-state index in [9.17, 15) is 14.6 Å². The highest BCUT2D eigenvalue weighted by Gasteiger charge is 2.61. The van der Waals surface area contributed by atoms with Crippen LogP contribution in [0.5, 0.6) is 5.75 Å². The summed E-state index contributed by atoms with van der Waals surface area (Å²) in [5.41, 5.74) is 6.82. The summed E-state index contributed by atoms with van der Waals surface area (Å²) in [5.74, 6) is -1.06. The number of hydrogen-bond donors (Lipinski definition) is 3. The summed E-state index contributed by atoms with van der Waals surface area (Å²) in [6.07, 6.45) is 5.91. The van der Waals surface area contributed by atoms with Crippen LogP contribution in [0.4, 0.5) is 4.39 Å². The Hall–Kier alpha value is -1.43. The maximum Gasteiger partial charge on any atom is 0.165 e. The molecule has 1 saturated heterocycles. The summed E-state index contributed by atoms with van der Waals surface area (Å²) in [6, 6.07) is 4.32. The van der Waals surface area contributed by atoms with Gasteiger partial charge in [-0.25, -0.2) is 4.39 Å². The van der Waals surface area contributed by atoms with Crippen LogP contribution in [0.3, 0.4) is 0 Å². The quantitative estimate of drug-likeness (QED) is 0.692. The number of phenols is 1. The van der Waals surface area contributed by atoms with Crippen molar-refractivity contribution in [2.75, 3.05) is 6.61 Å². The lowest BCUT2D eigenvalue weighted by molar-refractivity contribution is -0.229. The molecule has 2 aliphatic rings. The minimum absolute atomic E-state index is 0.00678. The van der Waals surface area contributed by atoms with Crippen LogP contribution in [0, 0.1) is 11.2 Å². The highest BCUT2D eigenvalue weighted by Crippen LogP contribution is 2.59. The number of benzene rings is 1. The molecule has 4 nitrogen and oxygen atoms in total. The Labute approximate surface area is 154 Å². The smallest absolute Gasteiger partial charge is 0.165 e. The van der Waals surface area contributed by atoms with Gasteiger partial charge in [0, 0.05) is 5.41 Å². The zero-order chi connectivity index (χ0) is 19.2. The second-order valence-electron chi connectivity index (χ2n) is 8.41. The third-order valence-electron chi connectivity index (χ3n) is 6.50. The molecule has 0 aromatic heterocycles. The van der Waals surface area contributed by atoms with Crippen molar-refractivity contribution < 1.29 is 19.3 Å². The standard InChI is InChI=1S/C21H30FNO3/c1-4-5-6-15-9-10-20(13-24)12-21(15,23)18(26-19(20,2)3)14-7-8-17(25)16(22)11-14/h7-9,11,18,24-25H,4-6,10,12-13,23H2,1-3H3. The maximum atomic E-state index is 14.0. The number of hydrogen-bond acceptors (Lipinski definition) is 4. The molecule has 0 saturated carbocycles. The number of phenolic OH excluding ortho intramolecular Hbond substituents is 1. The molecule has 1 aromatic rings. The van der Waals surface area contributed by atoms with E-state index in [2.05, 4.69) is 13.0 Å². The minimum Gasteiger partial charge on any atom is -0.505 e.